The van der Waals surface area contributed by atoms with Gasteiger partial charge in [-0.3, -0.25) is 9.11 Å². The van der Waals surface area contributed by atoms with Gasteiger partial charge in [0.05, 0.1) is 4.90 Å². The van der Waals surface area contributed by atoms with Crippen molar-refractivity contribution in [2.24, 2.45) is 20.5 Å². The third kappa shape index (κ3) is 6.54. The summed E-state index contributed by atoms with van der Waals surface area (Å²) in [7, 11) is -9.70. The Kier molecular flexibility index (Phi) is 8.13. The van der Waals surface area contributed by atoms with Crippen molar-refractivity contribution in [1.29, 1.82) is 0 Å². The van der Waals surface area contributed by atoms with E-state index in [1.54, 1.807) is 36.4 Å². The molecule has 0 spiro atoms. The second-order valence-corrected chi connectivity index (χ2v) is 13.4. The maximum Gasteiger partial charge on any atom is 0.298 e. The Morgan fingerprint density at radius 3 is 1.67 bits per heavy atom. The molecule has 0 atom stereocenters. The molecule has 0 saturated carbocycles. The maximum atomic E-state index is 11.9. The third-order valence-corrected chi connectivity index (χ3v) is 9.12. The van der Waals surface area contributed by atoms with Crippen LogP contribution in [0.1, 0.15) is 0 Å². The van der Waals surface area contributed by atoms with E-state index in [0.29, 0.717) is 27.6 Å². The van der Waals surface area contributed by atoms with E-state index in [1.807, 2.05) is 0 Å². The average molecular weight is 702 g/mol. The number of fused-ring (bicyclic) bond motifs is 2. The normalized spacial score (nSPS) is 12.4. The Morgan fingerprint density at radius 2 is 1.08 bits per heavy atom. The molecule has 0 aliphatic carbocycles. The molecule has 8 N–H and O–H groups in total. The standard InChI is InChI=1S/C32H23N5O10S2/c33-20-4-6-23-18(11-20)3-10-26(31(23)40)36-34-24-8-1-16(13-27(24)38)17-2-9-25(28(39)14-17)35-37-30-22-7-5-21(48(42,43)44)12-19(22)15-29(32(30)41)49(45,46)47/h1-15,38-41H,33H2,(H,42,43,44)(H,45,46,47). The van der Waals surface area contributed by atoms with E-state index in [-0.39, 0.29) is 39.3 Å². The smallest absolute Gasteiger partial charge is 0.298 e. The zero-order valence-corrected chi connectivity index (χ0v) is 26.3. The average Bonchev–Trinajstić information content (AvgIpc) is 3.03. The Hall–Kier alpha value is -6.14. The molecule has 17 heteroatoms. The molecule has 0 unspecified atom stereocenters. The molecular formula is C32H23N5O10S2. The molecule has 0 heterocycles. The molecule has 0 radical (unpaired) electrons. The zero-order chi connectivity index (χ0) is 35.2. The molecule has 6 aromatic rings. The van der Waals surface area contributed by atoms with Crippen LogP contribution in [0.15, 0.2) is 121 Å². The first-order valence-corrected chi connectivity index (χ1v) is 16.7. The number of benzene rings is 6. The molecule has 0 aromatic heterocycles. The van der Waals surface area contributed by atoms with Crippen molar-refractivity contribution in [1.82, 2.24) is 0 Å². The van der Waals surface area contributed by atoms with Crippen molar-refractivity contribution < 1.29 is 46.4 Å². The largest absolute Gasteiger partial charge is 0.506 e. The monoisotopic (exact) mass is 701 g/mol. The van der Waals surface area contributed by atoms with E-state index >= 15 is 0 Å². The molecule has 15 nitrogen and oxygen atoms in total. The summed E-state index contributed by atoms with van der Waals surface area (Å²) in [6.45, 7) is 0. The van der Waals surface area contributed by atoms with E-state index in [4.69, 9.17) is 5.73 Å². The highest BCUT2D eigenvalue weighted by Crippen LogP contribution is 2.43. The molecule has 0 saturated heterocycles. The Bertz CT molecular complexity index is 2630. The summed E-state index contributed by atoms with van der Waals surface area (Å²) in [5, 5.41) is 59.6. The van der Waals surface area contributed by atoms with Gasteiger partial charge in [0.1, 0.15) is 39.1 Å². The molecule has 0 fully saturated rings. The summed E-state index contributed by atoms with van der Waals surface area (Å²) in [4.78, 5) is -1.58. The first-order chi connectivity index (χ1) is 23.1. The predicted octanol–water partition coefficient (Wildman–Crippen LogP) is 7.39. The SMILES string of the molecule is Nc1ccc2c(O)c(N=Nc3ccc(-c4ccc(N=Nc5c(O)c(S(=O)(=O)O)cc6cc(S(=O)(=O)O)ccc56)c(O)c4)cc3O)ccc2c1. The van der Waals surface area contributed by atoms with Crippen LogP contribution in [0.4, 0.5) is 28.4 Å². The van der Waals surface area contributed by atoms with Gasteiger partial charge in [-0.1, -0.05) is 24.3 Å². The van der Waals surface area contributed by atoms with Crippen LogP contribution < -0.4 is 5.73 Å². The van der Waals surface area contributed by atoms with Crippen LogP contribution in [-0.4, -0.2) is 46.4 Å². The first-order valence-electron chi connectivity index (χ1n) is 13.9. The summed E-state index contributed by atoms with van der Waals surface area (Å²) in [5.74, 6) is -1.76. The van der Waals surface area contributed by atoms with Crippen molar-refractivity contribution in [2.75, 3.05) is 5.73 Å². The van der Waals surface area contributed by atoms with Gasteiger partial charge in [-0.25, -0.2) is 0 Å². The number of aromatic hydroxyl groups is 4. The minimum Gasteiger partial charge on any atom is -0.506 e. The van der Waals surface area contributed by atoms with Crippen LogP contribution in [0.25, 0.3) is 32.7 Å². The fourth-order valence-electron chi connectivity index (χ4n) is 4.98. The number of hydrogen-bond donors (Lipinski definition) is 7. The lowest BCUT2D eigenvalue weighted by Crippen LogP contribution is -2.00. The van der Waals surface area contributed by atoms with Gasteiger partial charge in [-0.05, 0) is 88.6 Å². The number of nitrogen functional groups attached to an aromatic ring is 1. The van der Waals surface area contributed by atoms with Crippen molar-refractivity contribution in [2.45, 2.75) is 9.79 Å². The van der Waals surface area contributed by atoms with E-state index in [1.165, 1.54) is 30.3 Å². The van der Waals surface area contributed by atoms with Crippen LogP contribution in [-0.2, 0) is 20.2 Å². The topological polar surface area (TPSA) is 265 Å². The van der Waals surface area contributed by atoms with E-state index < -0.39 is 47.2 Å². The lowest BCUT2D eigenvalue weighted by atomic mass is 10.0. The predicted molar refractivity (Wildman–Crippen MR) is 179 cm³/mol. The molecular weight excluding hydrogens is 679 g/mol. The number of hydrogen-bond acceptors (Lipinski definition) is 13. The van der Waals surface area contributed by atoms with Gasteiger partial charge in [-0.2, -0.15) is 16.8 Å². The number of nitrogens with two attached hydrogens (primary N) is 1. The van der Waals surface area contributed by atoms with Crippen LogP contribution >= 0.6 is 0 Å². The van der Waals surface area contributed by atoms with Gasteiger partial charge in [0.2, 0.25) is 0 Å². The maximum absolute atomic E-state index is 11.9. The number of phenols is 4. The van der Waals surface area contributed by atoms with Gasteiger partial charge in [0, 0.05) is 16.5 Å². The lowest BCUT2D eigenvalue weighted by molar-refractivity contribution is 0.444. The second-order valence-electron chi connectivity index (χ2n) is 10.6. The number of rotatable bonds is 7. The highest BCUT2D eigenvalue weighted by molar-refractivity contribution is 7.86. The Labute approximate surface area is 277 Å². The summed E-state index contributed by atoms with van der Waals surface area (Å²) in [6, 6.07) is 20.7. The third-order valence-electron chi connectivity index (χ3n) is 7.40. The first kappa shape index (κ1) is 32.8. The number of phenolic OH excluding ortho intramolecular Hbond substituents is 4. The van der Waals surface area contributed by atoms with Gasteiger partial charge in [0.25, 0.3) is 20.2 Å². The lowest BCUT2D eigenvalue weighted by Gasteiger charge is -2.10. The number of azo groups is 2. The van der Waals surface area contributed by atoms with Crippen LogP contribution in [0.2, 0.25) is 0 Å². The number of anilines is 1. The second kappa shape index (κ2) is 12.1. The molecule has 49 heavy (non-hydrogen) atoms. The van der Waals surface area contributed by atoms with Crippen molar-refractivity contribution in [3.8, 4) is 34.1 Å². The highest BCUT2D eigenvalue weighted by atomic mass is 32.2. The van der Waals surface area contributed by atoms with Crippen LogP contribution in [0.3, 0.4) is 0 Å². The van der Waals surface area contributed by atoms with E-state index in [2.05, 4.69) is 20.5 Å². The molecule has 248 valence electrons. The van der Waals surface area contributed by atoms with Crippen molar-refractivity contribution in [3.05, 3.63) is 91.0 Å². The summed E-state index contributed by atoms with van der Waals surface area (Å²) in [5.41, 5.74) is 6.88. The van der Waals surface area contributed by atoms with Gasteiger partial charge < -0.3 is 26.2 Å². The van der Waals surface area contributed by atoms with Gasteiger partial charge in [-0.15, -0.1) is 20.5 Å². The molecule has 6 rings (SSSR count). The van der Waals surface area contributed by atoms with E-state index in [0.717, 1.165) is 24.3 Å². The molecule has 0 aliphatic rings. The Morgan fingerprint density at radius 1 is 0.510 bits per heavy atom. The summed E-state index contributed by atoms with van der Waals surface area (Å²) < 4.78 is 66.0. The van der Waals surface area contributed by atoms with Crippen LogP contribution in [0, 0.1) is 0 Å². The molecule has 0 amide bonds. The highest BCUT2D eigenvalue weighted by Gasteiger charge is 2.23. The molecule has 6 aromatic carbocycles. The fraction of sp³-hybridized carbons (Fsp3) is 0. The zero-order valence-electron chi connectivity index (χ0n) is 24.7. The van der Waals surface area contributed by atoms with Crippen LogP contribution in [0.5, 0.6) is 23.0 Å². The summed E-state index contributed by atoms with van der Waals surface area (Å²) in [6.07, 6.45) is 0. The van der Waals surface area contributed by atoms with E-state index in [9.17, 15) is 46.4 Å². The summed E-state index contributed by atoms with van der Waals surface area (Å²) >= 11 is 0. The number of nitrogens with zero attached hydrogens (tertiary/aromatic N) is 4. The molecule has 0 bridgehead atoms. The minimum atomic E-state index is -5.02. The van der Waals surface area contributed by atoms with Gasteiger partial charge in [0.15, 0.2) is 11.5 Å². The fourth-order valence-corrected chi connectivity index (χ4v) is 6.11. The molecule has 0 aliphatic heterocycles. The minimum absolute atomic E-state index is 0.00545. The van der Waals surface area contributed by atoms with Crippen molar-refractivity contribution >= 4 is 70.2 Å². The van der Waals surface area contributed by atoms with Crippen molar-refractivity contribution in [3.63, 3.8) is 0 Å². The van der Waals surface area contributed by atoms with Gasteiger partial charge >= 0.3 is 0 Å². The quantitative estimate of drug-likeness (QED) is 0.0490. The Balaban J connectivity index is 1.29.